The molecule has 0 amide bonds. The molecule has 5 rings (SSSR count). The highest BCUT2D eigenvalue weighted by Gasteiger charge is 2.41. The van der Waals surface area contributed by atoms with Crippen LogP contribution < -0.4 is 21.3 Å². The molecular formula is C30H31N3O5. The number of hydrogen-bond donors (Lipinski definition) is 3. The van der Waals surface area contributed by atoms with E-state index in [2.05, 4.69) is 34.6 Å². The van der Waals surface area contributed by atoms with Crippen LogP contribution in [-0.2, 0) is 10.3 Å². The second-order valence-corrected chi connectivity index (χ2v) is 9.51. The zero-order chi connectivity index (χ0) is 26.7. The molecule has 8 nitrogen and oxygen atoms in total. The Balaban J connectivity index is 1.53. The van der Waals surface area contributed by atoms with Crippen LogP contribution in [-0.4, -0.2) is 40.5 Å². The number of nitrogens with one attached hydrogen (secondary N) is 2. The van der Waals surface area contributed by atoms with Gasteiger partial charge in [0.15, 0.2) is 0 Å². The molecule has 1 fully saturated rings. The topological polar surface area (TPSA) is 106 Å². The number of aliphatic hydroxyl groups excluding tert-OH is 1. The quantitative estimate of drug-likeness (QED) is 0.313. The number of aryl methyl sites for hydroxylation is 1. The first-order valence-corrected chi connectivity index (χ1v) is 12.6. The minimum atomic E-state index is -0.818. The van der Waals surface area contributed by atoms with Gasteiger partial charge in [-0.15, -0.1) is 0 Å². The van der Waals surface area contributed by atoms with Gasteiger partial charge in [-0.3, -0.25) is 19.7 Å². The van der Waals surface area contributed by atoms with Gasteiger partial charge in [-0.2, -0.15) is 0 Å². The molecular weight excluding hydrogens is 482 g/mol. The van der Waals surface area contributed by atoms with E-state index in [-0.39, 0.29) is 13.0 Å². The normalized spacial score (nSPS) is 19.4. The first-order valence-electron chi connectivity index (χ1n) is 12.6. The number of aromatic amines is 1. The lowest BCUT2D eigenvalue weighted by Gasteiger charge is -2.38. The summed E-state index contributed by atoms with van der Waals surface area (Å²) in [6, 6.07) is 28.1. The maximum atomic E-state index is 12.4. The van der Waals surface area contributed by atoms with Crippen molar-refractivity contribution in [1.82, 2.24) is 14.9 Å². The Kier molecular flexibility index (Phi) is 7.28. The fourth-order valence-electron chi connectivity index (χ4n) is 5.16. The predicted molar refractivity (Wildman–Crippen MR) is 144 cm³/mol. The summed E-state index contributed by atoms with van der Waals surface area (Å²) >= 11 is 0. The predicted octanol–water partition coefficient (Wildman–Crippen LogP) is 3.08. The van der Waals surface area contributed by atoms with Crippen molar-refractivity contribution in [3.63, 3.8) is 0 Å². The third-order valence-electron chi connectivity index (χ3n) is 7.15. The highest BCUT2D eigenvalue weighted by molar-refractivity contribution is 5.51. The molecule has 0 aliphatic carbocycles. The molecule has 0 spiro atoms. The average Bonchev–Trinajstić information content (AvgIpc) is 3.32. The first-order chi connectivity index (χ1) is 18.4. The van der Waals surface area contributed by atoms with Gasteiger partial charge in [0.05, 0.1) is 24.9 Å². The molecule has 4 aromatic rings. The van der Waals surface area contributed by atoms with E-state index in [1.807, 2.05) is 60.7 Å². The van der Waals surface area contributed by atoms with Crippen molar-refractivity contribution >= 4 is 0 Å². The van der Waals surface area contributed by atoms with E-state index in [0.717, 1.165) is 22.4 Å². The zero-order valence-corrected chi connectivity index (χ0v) is 21.3. The van der Waals surface area contributed by atoms with Gasteiger partial charge in [-0.05, 0) is 35.7 Å². The van der Waals surface area contributed by atoms with Crippen molar-refractivity contribution in [2.24, 2.45) is 0 Å². The molecule has 3 aromatic carbocycles. The van der Waals surface area contributed by atoms with Crippen LogP contribution in [0.5, 0.6) is 5.75 Å². The summed E-state index contributed by atoms with van der Waals surface area (Å²) in [5.41, 5.74) is 1.60. The molecule has 1 saturated heterocycles. The molecule has 1 aromatic heterocycles. The molecule has 0 saturated carbocycles. The first kappa shape index (κ1) is 25.7. The number of hydrogen-bond acceptors (Lipinski definition) is 6. The molecule has 0 radical (unpaired) electrons. The Hall–Kier alpha value is -3.98. The van der Waals surface area contributed by atoms with Gasteiger partial charge >= 0.3 is 5.69 Å². The van der Waals surface area contributed by atoms with Crippen LogP contribution in [0.2, 0.25) is 0 Å². The lowest BCUT2D eigenvalue weighted by Crippen LogP contribution is -2.49. The molecule has 38 heavy (non-hydrogen) atoms. The number of rotatable bonds is 8. The van der Waals surface area contributed by atoms with Crippen molar-refractivity contribution < 1.29 is 14.6 Å². The Morgan fingerprint density at radius 3 is 2.26 bits per heavy atom. The fourth-order valence-corrected chi connectivity index (χ4v) is 5.16. The lowest BCUT2D eigenvalue weighted by atomic mass is 9.76. The highest BCUT2D eigenvalue weighted by atomic mass is 16.5. The minimum absolute atomic E-state index is 0.223. The molecule has 0 bridgehead atoms. The number of H-pyrrole nitrogens is 1. The Labute approximate surface area is 220 Å². The SMILES string of the molecule is COc1cccc(C(NC[C@H]2O[C@@H](n3cc(C)c(=O)[nH]c3=O)C[C@@H]2O)(c2ccccc2)c2ccccc2)c1. The molecule has 0 unspecified atom stereocenters. The molecule has 3 N–H and O–H groups in total. The maximum Gasteiger partial charge on any atom is 0.330 e. The Bertz CT molecular complexity index is 1460. The Morgan fingerprint density at radius 2 is 1.63 bits per heavy atom. The van der Waals surface area contributed by atoms with Crippen molar-refractivity contribution in [1.29, 1.82) is 0 Å². The minimum Gasteiger partial charge on any atom is -0.497 e. The summed E-state index contributed by atoms with van der Waals surface area (Å²) in [6.07, 6.45) is -0.416. The summed E-state index contributed by atoms with van der Waals surface area (Å²) in [5.74, 6) is 0.727. The van der Waals surface area contributed by atoms with E-state index < -0.39 is 35.2 Å². The van der Waals surface area contributed by atoms with E-state index in [1.54, 1.807) is 14.0 Å². The van der Waals surface area contributed by atoms with Crippen molar-refractivity contribution in [3.05, 3.63) is 134 Å². The number of nitrogens with zero attached hydrogens (tertiary/aromatic N) is 1. The van der Waals surface area contributed by atoms with E-state index >= 15 is 0 Å². The van der Waals surface area contributed by atoms with Crippen molar-refractivity contribution in [2.45, 2.75) is 37.3 Å². The maximum absolute atomic E-state index is 12.4. The second kappa shape index (κ2) is 10.8. The molecule has 1 aliphatic rings. The second-order valence-electron chi connectivity index (χ2n) is 9.51. The monoisotopic (exact) mass is 513 g/mol. The van der Waals surface area contributed by atoms with E-state index in [1.165, 1.54) is 10.8 Å². The standard InChI is InChI=1S/C30H31N3O5/c1-20-19-33(29(36)32-28(20)35)27-17-25(34)26(38-27)18-31-30(21-10-5-3-6-11-21,22-12-7-4-8-13-22)23-14-9-15-24(16-23)37-2/h3-16,19,25-27,31,34H,17-18H2,1-2H3,(H,32,35,36)/t25-,26+,27+/m0/s1. The van der Waals surface area contributed by atoms with Crippen molar-refractivity contribution in [2.75, 3.05) is 13.7 Å². The summed E-state index contributed by atoms with van der Waals surface area (Å²) in [6.45, 7) is 1.91. The summed E-state index contributed by atoms with van der Waals surface area (Å²) in [4.78, 5) is 26.6. The van der Waals surface area contributed by atoms with E-state index in [9.17, 15) is 14.7 Å². The van der Waals surface area contributed by atoms with Gasteiger partial charge in [-0.1, -0.05) is 72.8 Å². The summed E-state index contributed by atoms with van der Waals surface area (Å²) < 4.78 is 13.1. The third kappa shape index (κ3) is 4.81. The van der Waals surface area contributed by atoms with Gasteiger partial charge in [-0.25, -0.2) is 4.79 Å². The number of benzene rings is 3. The van der Waals surface area contributed by atoms with Gasteiger partial charge in [0.25, 0.3) is 5.56 Å². The lowest BCUT2D eigenvalue weighted by molar-refractivity contribution is -0.0213. The van der Waals surface area contributed by atoms with Gasteiger partial charge in [0.2, 0.25) is 0 Å². The van der Waals surface area contributed by atoms with Crippen LogP contribution in [0, 0.1) is 6.92 Å². The Morgan fingerprint density at radius 1 is 1.00 bits per heavy atom. The number of aromatic nitrogens is 2. The summed E-state index contributed by atoms with van der Waals surface area (Å²) in [5, 5.41) is 14.7. The van der Waals surface area contributed by atoms with Gasteiger partial charge < -0.3 is 14.6 Å². The van der Waals surface area contributed by atoms with Crippen LogP contribution in [0.15, 0.2) is 101 Å². The van der Waals surface area contributed by atoms with Gasteiger partial charge in [0.1, 0.15) is 12.0 Å². The highest BCUT2D eigenvalue weighted by Crippen LogP contribution is 2.39. The molecule has 8 heteroatoms. The largest absolute Gasteiger partial charge is 0.497 e. The molecule has 2 heterocycles. The number of aliphatic hydroxyl groups is 1. The third-order valence-corrected chi connectivity index (χ3v) is 7.15. The average molecular weight is 514 g/mol. The van der Waals surface area contributed by atoms with Crippen LogP contribution in [0.4, 0.5) is 0 Å². The van der Waals surface area contributed by atoms with Crippen molar-refractivity contribution in [3.8, 4) is 5.75 Å². The fraction of sp³-hybridized carbons (Fsp3) is 0.267. The van der Waals surface area contributed by atoms with E-state index in [4.69, 9.17) is 9.47 Å². The number of ether oxygens (including phenoxy) is 2. The van der Waals surface area contributed by atoms with Crippen LogP contribution in [0.25, 0.3) is 0 Å². The summed E-state index contributed by atoms with van der Waals surface area (Å²) in [7, 11) is 1.64. The van der Waals surface area contributed by atoms with Crippen LogP contribution in [0.1, 0.15) is 34.9 Å². The molecule has 196 valence electrons. The van der Waals surface area contributed by atoms with Gasteiger partial charge in [0, 0.05) is 24.7 Å². The molecule has 1 aliphatic heterocycles. The van der Waals surface area contributed by atoms with Crippen LogP contribution >= 0.6 is 0 Å². The number of methoxy groups -OCH3 is 1. The smallest absolute Gasteiger partial charge is 0.330 e. The van der Waals surface area contributed by atoms with E-state index in [0.29, 0.717) is 5.56 Å². The van der Waals surface area contributed by atoms with Crippen LogP contribution in [0.3, 0.4) is 0 Å². The molecule has 3 atom stereocenters. The zero-order valence-electron chi connectivity index (χ0n) is 21.3.